The Morgan fingerprint density at radius 3 is 1.51 bits per heavy atom. The molecule has 4 rings (SSSR count). The number of rotatable bonds is 8. The number of carbonyl (C=O) groups is 2. The van der Waals surface area contributed by atoms with Gasteiger partial charge in [0.2, 0.25) is 0 Å². The van der Waals surface area contributed by atoms with Crippen molar-refractivity contribution in [3.8, 4) is 0 Å². The van der Waals surface area contributed by atoms with E-state index in [4.69, 9.17) is 0 Å². The fourth-order valence-corrected chi connectivity index (χ4v) is 4.97. The van der Waals surface area contributed by atoms with Crippen molar-refractivity contribution in [3.05, 3.63) is 131 Å². The molecule has 8 nitrogen and oxygen atoms in total. The predicted molar refractivity (Wildman–Crippen MR) is 152 cm³/mol. The minimum absolute atomic E-state index is 0.0327. The summed E-state index contributed by atoms with van der Waals surface area (Å²) in [6.07, 6.45) is 0. The Balaban J connectivity index is 1.62. The molecule has 0 spiro atoms. The van der Waals surface area contributed by atoms with Gasteiger partial charge in [-0.25, -0.2) is 22.7 Å². The lowest BCUT2D eigenvalue weighted by molar-refractivity contribution is 0.232. The highest BCUT2D eigenvalue weighted by Gasteiger charge is 2.29. The first-order valence-corrected chi connectivity index (χ1v) is 13.8. The number of amides is 4. The number of urea groups is 2. The van der Waals surface area contributed by atoms with Crippen molar-refractivity contribution in [1.82, 2.24) is 15.4 Å². The average Bonchev–Trinajstić information content (AvgIpc) is 2.93. The number of anilines is 1. The molecule has 0 aliphatic heterocycles. The van der Waals surface area contributed by atoms with E-state index in [1.165, 1.54) is 12.1 Å². The molecule has 0 heterocycles. The molecule has 200 valence electrons. The van der Waals surface area contributed by atoms with Crippen LogP contribution in [0.1, 0.15) is 34.3 Å². The van der Waals surface area contributed by atoms with Crippen LogP contribution in [-0.2, 0) is 10.0 Å². The van der Waals surface area contributed by atoms with Crippen molar-refractivity contribution >= 4 is 27.8 Å². The van der Waals surface area contributed by atoms with Gasteiger partial charge in [0, 0.05) is 5.69 Å². The fraction of sp³-hybridized carbons (Fsp3) is 0.133. The molecule has 4 aromatic carbocycles. The molecule has 4 N–H and O–H groups in total. The molecule has 0 fully saturated rings. The monoisotopic (exact) mass is 542 g/mol. The van der Waals surface area contributed by atoms with E-state index in [9.17, 15) is 18.0 Å². The van der Waals surface area contributed by atoms with Crippen LogP contribution < -0.4 is 20.7 Å². The predicted octanol–water partition coefficient (Wildman–Crippen LogP) is 5.60. The van der Waals surface area contributed by atoms with Crippen LogP contribution >= 0.6 is 0 Å². The molecule has 0 bridgehead atoms. The zero-order valence-electron chi connectivity index (χ0n) is 21.6. The second-order valence-electron chi connectivity index (χ2n) is 9.13. The Labute approximate surface area is 228 Å². The average molecular weight is 543 g/mol. The smallest absolute Gasteiger partial charge is 0.329 e. The van der Waals surface area contributed by atoms with E-state index >= 15 is 0 Å². The summed E-state index contributed by atoms with van der Waals surface area (Å²) in [6.45, 7) is 3.79. The highest BCUT2D eigenvalue weighted by Crippen LogP contribution is 2.29. The molecule has 0 unspecified atom stereocenters. The summed E-state index contributed by atoms with van der Waals surface area (Å²) in [5.41, 5.74) is 3.94. The second kappa shape index (κ2) is 12.3. The van der Waals surface area contributed by atoms with E-state index in [0.29, 0.717) is 16.8 Å². The highest BCUT2D eigenvalue weighted by atomic mass is 32.2. The van der Waals surface area contributed by atoms with Gasteiger partial charge >= 0.3 is 12.1 Å². The third-order valence-electron chi connectivity index (χ3n) is 6.09. The molecule has 39 heavy (non-hydrogen) atoms. The molecule has 9 heteroatoms. The normalized spacial score (nSPS) is 12.6. The number of carbonyl (C=O) groups excluding carboxylic acids is 2. The van der Waals surface area contributed by atoms with Gasteiger partial charge in [0.25, 0.3) is 10.0 Å². The molecule has 0 radical (unpaired) electrons. The summed E-state index contributed by atoms with van der Waals surface area (Å²) < 4.78 is 27.8. The van der Waals surface area contributed by atoms with Crippen molar-refractivity contribution < 1.29 is 18.0 Å². The molecule has 2 atom stereocenters. The van der Waals surface area contributed by atoms with E-state index in [0.717, 1.165) is 11.1 Å². The van der Waals surface area contributed by atoms with Crippen LogP contribution in [0, 0.1) is 13.8 Å². The molecular weight excluding hydrogens is 512 g/mol. The lowest BCUT2D eigenvalue weighted by Crippen LogP contribution is -2.46. The first-order chi connectivity index (χ1) is 18.7. The maximum Gasteiger partial charge on any atom is 0.329 e. The Morgan fingerprint density at radius 1 is 0.590 bits per heavy atom. The first kappa shape index (κ1) is 27.4. The molecule has 4 amide bonds. The van der Waals surface area contributed by atoms with Crippen LogP contribution in [0.5, 0.6) is 0 Å². The third-order valence-corrected chi connectivity index (χ3v) is 7.44. The number of hydrogen-bond acceptors (Lipinski definition) is 4. The van der Waals surface area contributed by atoms with E-state index < -0.39 is 34.2 Å². The summed E-state index contributed by atoms with van der Waals surface area (Å²) in [6, 6.07) is 28.8. The Hall–Kier alpha value is -4.63. The van der Waals surface area contributed by atoms with Crippen LogP contribution in [0.2, 0.25) is 0 Å². The van der Waals surface area contributed by atoms with Crippen LogP contribution in [0.15, 0.2) is 114 Å². The lowest BCUT2D eigenvalue weighted by atomic mass is 9.93. The quantitative estimate of drug-likeness (QED) is 0.232. The molecular formula is C30H30N4O4S. The summed E-state index contributed by atoms with van der Waals surface area (Å²) in [4.78, 5) is 26.2. The summed E-state index contributed by atoms with van der Waals surface area (Å²) >= 11 is 0. The van der Waals surface area contributed by atoms with Crippen LogP contribution in [0.25, 0.3) is 0 Å². The van der Waals surface area contributed by atoms with Crippen molar-refractivity contribution in [1.29, 1.82) is 0 Å². The first-order valence-electron chi connectivity index (χ1n) is 12.4. The SMILES string of the molecule is Cc1ccc(NC(=O)N[C@@H](c2ccccc2)[C@H](NC(=O)NS(=O)(=O)c2ccc(C)cc2)c2ccccc2)cc1. The number of aryl methyl sites for hydroxylation is 2. The summed E-state index contributed by atoms with van der Waals surface area (Å²) in [5.74, 6) is 0. The van der Waals surface area contributed by atoms with Gasteiger partial charge in [-0.3, -0.25) is 0 Å². The van der Waals surface area contributed by atoms with Gasteiger partial charge in [0.1, 0.15) is 0 Å². The van der Waals surface area contributed by atoms with Gasteiger partial charge in [0.15, 0.2) is 0 Å². The van der Waals surface area contributed by atoms with Gasteiger partial charge < -0.3 is 16.0 Å². The topological polar surface area (TPSA) is 116 Å². The van der Waals surface area contributed by atoms with Gasteiger partial charge in [-0.05, 0) is 49.2 Å². The molecule has 0 aliphatic rings. The van der Waals surface area contributed by atoms with Crippen molar-refractivity contribution in [2.45, 2.75) is 30.8 Å². The zero-order chi connectivity index (χ0) is 27.8. The van der Waals surface area contributed by atoms with E-state index in [2.05, 4.69) is 20.7 Å². The molecule has 0 aromatic heterocycles. The fourth-order valence-electron chi connectivity index (χ4n) is 4.05. The summed E-state index contributed by atoms with van der Waals surface area (Å²) in [7, 11) is -4.12. The second-order valence-corrected chi connectivity index (χ2v) is 10.8. The van der Waals surface area contributed by atoms with Crippen LogP contribution in [-0.4, -0.2) is 20.5 Å². The van der Waals surface area contributed by atoms with E-state index in [-0.39, 0.29) is 4.90 Å². The number of hydrogen-bond donors (Lipinski definition) is 4. The Bertz CT molecular complexity index is 1510. The minimum Gasteiger partial charge on any atom is -0.329 e. The van der Waals surface area contributed by atoms with Gasteiger partial charge in [-0.15, -0.1) is 0 Å². The van der Waals surface area contributed by atoms with Crippen LogP contribution in [0.3, 0.4) is 0 Å². The maximum absolute atomic E-state index is 13.1. The Morgan fingerprint density at radius 2 is 1.03 bits per heavy atom. The molecule has 0 saturated carbocycles. The maximum atomic E-state index is 13.1. The highest BCUT2D eigenvalue weighted by molar-refractivity contribution is 7.90. The molecule has 0 saturated heterocycles. The lowest BCUT2D eigenvalue weighted by Gasteiger charge is -2.30. The van der Waals surface area contributed by atoms with Gasteiger partial charge in [0.05, 0.1) is 17.0 Å². The Kier molecular flexibility index (Phi) is 8.63. The van der Waals surface area contributed by atoms with E-state index in [1.807, 2.05) is 62.4 Å². The number of benzene rings is 4. The molecule has 0 aliphatic carbocycles. The van der Waals surface area contributed by atoms with E-state index in [1.54, 1.807) is 48.5 Å². The van der Waals surface area contributed by atoms with Crippen molar-refractivity contribution in [3.63, 3.8) is 0 Å². The van der Waals surface area contributed by atoms with Crippen molar-refractivity contribution in [2.24, 2.45) is 0 Å². The molecule has 4 aromatic rings. The number of nitrogens with one attached hydrogen (secondary N) is 4. The number of sulfonamides is 1. The van der Waals surface area contributed by atoms with Crippen molar-refractivity contribution in [2.75, 3.05) is 5.32 Å². The minimum atomic E-state index is -4.12. The largest absolute Gasteiger partial charge is 0.329 e. The summed E-state index contributed by atoms with van der Waals surface area (Å²) in [5, 5.41) is 8.55. The van der Waals surface area contributed by atoms with Crippen LogP contribution in [0.4, 0.5) is 15.3 Å². The van der Waals surface area contributed by atoms with Gasteiger partial charge in [-0.2, -0.15) is 0 Å². The van der Waals surface area contributed by atoms with Gasteiger partial charge in [-0.1, -0.05) is 96.1 Å². The third kappa shape index (κ3) is 7.45. The zero-order valence-corrected chi connectivity index (χ0v) is 22.4. The standard InChI is InChI=1S/C30H30N4O4S/c1-21-13-17-25(18-14-21)31-29(35)32-27(23-9-5-3-6-10-23)28(24-11-7-4-8-12-24)33-30(36)34-39(37,38)26-19-15-22(2)16-20-26/h3-20,27-28H,1-2H3,(H2,31,32,35)(H2,33,34,36)/t27-,28+/m0/s1.